The molecule has 1 saturated carbocycles. The Labute approximate surface area is 156 Å². The highest BCUT2D eigenvalue weighted by Crippen LogP contribution is 2.32. The highest BCUT2D eigenvalue weighted by Gasteiger charge is 2.25. The number of aromatic nitrogens is 5. The van der Waals surface area contributed by atoms with E-state index < -0.39 is 0 Å². The first-order chi connectivity index (χ1) is 12.8. The van der Waals surface area contributed by atoms with Crippen LogP contribution in [0, 0.1) is 5.92 Å². The maximum absolute atomic E-state index is 6.16. The van der Waals surface area contributed by atoms with Crippen molar-refractivity contribution in [2.45, 2.75) is 25.9 Å². The molecule has 0 aliphatic heterocycles. The van der Waals surface area contributed by atoms with Crippen LogP contribution in [0.1, 0.15) is 18.7 Å². The Morgan fingerprint density at radius 2 is 2.00 bits per heavy atom. The number of rotatable bonds is 5. The van der Waals surface area contributed by atoms with Crippen LogP contribution in [0.25, 0.3) is 22.6 Å². The van der Waals surface area contributed by atoms with Crippen molar-refractivity contribution >= 4 is 22.8 Å². The average molecular weight is 364 g/mol. The van der Waals surface area contributed by atoms with Crippen LogP contribution in [0.15, 0.2) is 55.0 Å². The minimum atomic E-state index is 0.658. The molecule has 3 aromatic heterocycles. The molecule has 1 aliphatic carbocycles. The third-order valence-corrected chi connectivity index (χ3v) is 5.07. The van der Waals surface area contributed by atoms with E-state index in [4.69, 9.17) is 16.6 Å². The number of halogens is 1. The van der Waals surface area contributed by atoms with Gasteiger partial charge in [0, 0.05) is 35.7 Å². The van der Waals surface area contributed by atoms with E-state index in [1.807, 2.05) is 55.0 Å². The van der Waals surface area contributed by atoms with Crippen molar-refractivity contribution in [3.8, 4) is 11.4 Å². The SMILES string of the molecule is Clc1cccc(-c2nccn2Cc2nc3cccnc3n2CC2CC2)c1. The maximum atomic E-state index is 6.16. The summed E-state index contributed by atoms with van der Waals surface area (Å²) in [6.07, 6.45) is 8.24. The smallest absolute Gasteiger partial charge is 0.160 e. The molecule has 6 heteroatoms. The van der Waals surface area contributed by atoms with Gasteiger partial charge < -0.3 is 9.13 Å². The molecule has 0 spiro atoms. The van der Waals surface area contributed by atoms with Crippen LogP contribution in [0.4, 0.5) is 0 Å². The summed E-state index contributed by atoms with van der Waals surface area (Å²) in [6, 6.07) is 11.8. The van der Waals surface area contributed by atoms with E-state index in [1.54, 1.807) is 0 Å². The van der Waals surface area contributed by atoms with Gasteiger partial charge in [-0.3, -0.25) is 0 Å². The monoisotopic (exact) mass is 363 g/mol. The Balaban J connectivity index is 1.55. The van der Waals surface area contributed by atoms with Gasteiger partial charge in [0.25, 0.3) is 0 Å². The van der Waals surface area contributed by atoms with Crippen LogP contribution in [-0.2, 0) is 13.1 Å². The average Bonchev–Trinajstić information content (AvgIpc) is 3.24. The van der Waals surface area contributed by atoms with Crippen molar-refractivity contribution in [2.24, 2.45) is 5.92 Å². The number of nitrogens with zero attached hydrogens (tertiary/aromatic N) is 5. The zero-order chi connectivity index (χ0) is 17.5. The molecule has 5 rings (SSSR count). The van der Waals surface area contributed by atoms with Crippen LogP contribution in [-0.4, -0.2) is 24.1 Å². The molecule has 0 unspecified atom stereocenters. The Kier molecular flexibility index (Phi) is 3.75. The predicted octanol–water partition coefficient (Wildman–Crippen LogP) is 4.41. The molecule has 1 aliphatic rings. The van der Waals surface area contributed by atoms with E-state index >= 15 is 0 Å². The number of benzene rings is 1. The van der Waals surface area contributed by atoms with Crippen molar-refractivity contribution in [2.75, 3.05) is 0 Å². The molecule has 3 heterocycles. The van der Waals surface area contributed by atoms with Crippen molar-refractivity contribution in [3.63, 3.8) is 0 Å². The van der Waals surface area contributed by atoms with E-state index in [2.05, 4.69) is 19.1 Å². The largest absolute Gasteiger partial charge is 0.323 e. The highest BCUT2D eigenvalue weighted by atomic mass is 35.5. The predicted molar refractivity (Wildman–Crippen MR) is 102 cm³/mol. The summed E-state index contributed by atoms with van der Waals surface area (Å²) in [4.78, 5) is 13.9. The summed E-state index contributed by atoms with van der Waals surface area (Å²) in [5.41, 5.74) is 2.93. The zero-order valence-corrected chi connectivity index (χ0v) is 15.0. The molecule has 1 fully saturated rings. The van der Waals surface area contributed by atoms with Crippen LogP contribution >= 0.6 is 11.6 Å². The molecule has 4 aromatic rings. The number of imidazole rings is 2. The second kappa shape index (κ2) is 6.25. The van der Waals surface area contributed by atoms with Gasteiger partial charge in [0.05, 0.1) is 6.54 Å². The summed E-state index contributed by atoms with van der Waals surface area (Å²) in [5.74, 6) is 2.67. The lowest BCUT2D eigenvalue weighted by atomic mass is 10.2. The van der Waals surface area contributed by atoms with Gasteiger partial charge in [-0.2, -0.15) is 0 Å². The lowest BCUT2D eigenvalue weighted by molar-refractivity contribution is 0.589. The van der Waals surface area contributed by atoms with Gasteiger partial charge >= 0.3 is 0 Å². The standard InChI is InChI=1S/C20H18ClN5/c21-16-4-1-3-15(11-16)19-23-9-10-25(19)13-18-24-17-5-2-8-22-20(17)26(18)12-14-6-7-14/h1-5,8-11,14H,6-7,12-13H2. The van der Waals surface area contributed by atoms with Gasteiger partial charge in [0.15, 0.2) is 5.65 Å². The molecule has 0 amide bonds. The highest BCUT2D eigenvalue weighted by molar-refractivity contribution is 6.30. The van der Waals surface area contributed by atoms with Crippen LogP contribution < -0.4 is 0 Å². The zero-order valence-electron chi connectivity index (χ0n) is 14.2. The normalized spacial score (nSPS) is 14.2. The topological polar surface area (TPSA) is 48.5 Å². The molecule has 0 radical (unpaired) electrons. The Morgan fingerprint density at radius 1 is 1.08 bits per heavy atom. The molecule has 0 atom stereocenters. The van der Waals surface area contributed by atoms with E-state index in [0.717, 1.165) is 40.8 Å². The number of pyridine rings is 1. The van der Waals surface area contributed by atoms with Gasteiger partial charge in [0.1, 0.15) is 17.2 Å². The Morgan fingerprint density at radius 3 is 2.85 bits per heavy atom. The molecule has 1 aromatic carbocycles. The second-order valence-electron chi connectivity index (χ2n) is 6.82. The fraction of sp³-hybridized carbons (Fsp3) is 0.250. The molecule has 130 valence electrons. The summed E-state index contributed by atoms with van der Waals surface area (Å²) in [7, 11) is 0. The van der Waals surface area contributed by atoms with Crippen LogP contribution in [0.5, 0.6) is 0 Å². The first-order valence-electron chi connectivity index (χ1n) is 8.85. The quantitative estimate of drug-likeness (QED) is 0.527. The van der Waals surface area contributed by atoms with E-state index in [9.17, 15) is 0 Å². The van der Waals surface area contributed by atoms with Crippen molar-refractivity contribution in [1.29, 1.82) is 0 Å². The van der Waals surface area contributed by atoms with E-state index in [0.29, 0.717) is 11.6 Å². The van der Waals surface area contributed by atoms with Gasteiger partial charge in [0.2, 0.25) is 0 Å². The summed E-state index contributed by atoms with van der Waals surface area (Å²) in [6.45, 7) is 1.65. The van der Waals surface area contributed by atoms with Gasteiger partial charge in [-0.05, 0) is 43.0 Å². The van der Waals surface area contributed by atoms with Crippen LogP contribution in [0.2, 0.25) is 5.02 Å². The fourth-order valence-electron chi connectivity index (χ4n) is 3.35. The molecular weight excluding hydrogens is 346 g/mol. The first kappa shape index (κ1) is 15.6. The Hall–Kier alpha value is -2.66. The number of fused-ring (bicyclic) bond motifs is 1. The Bertz CT molecular complexity index is 1080. The first-order valence-corrected chi connectivity index (χ1v) is 9.23. The minimum Gasteiger partial charge on any atom is -0.323 e. The fourth-order valence-corrected chi connectivity index (χ4v) is 3.54. The van der Waals surface area contributed by atoms with E-state index in [-0.39, 0.29) is 0 Å². The third kappa shape index (κ3) is 2.88. The molecular formula is C20H18ClN5. The molecule has 5 nitrogen and oxygen atoms in total. The van der Waals surface area contributed by atoms with E-state index in [1.165, 1.54) is 12.8 Å². The summed E-state index contributed by atoms with van der Waals surface area (Å²) < 4.78 is 4.39. The number of hydrogen-bond acceptors (Lipinski definition) is 3. The summed E-state index contributed by atoms with van der Waals surface area (Å²) in [5, 5.41) is 0.710. The second-order valence-corrected chi connectivity index (χ2v) is 7.25. The molecule has 26 heavy (non-hydrogen) atoms. The summed E-state index contributed by atoms with van der Waals surface area (Å²) >= 11 is 6.16. The van der Waals surface area contributed by atoms with Crippen molar-refractivity contribution < 1.29 is 0 Å². The molecule has 0 N–H and O–H groups in total. The van der Waals surface area contributed by atoms with Gasteiger partial charge in [-0.25, -0.2) is 15.0 Å². The molecule has 0 bridgehead atoms. The lowest BCUT2D eigenvalue weighted by Crippen LogP contribution is -2.11. The third-order valence-electron chi connectivity index (χ3n) is 4.83. The maximum Gasteiger partial charge on any atom is 0.160 e. The van der Waals surface area contributed by atoms with Crippen LogP contribution in [0.3, 0.4) is 0 Å². The van der Waals surface area contributed by atoms with Crippen molar-refractivity contribution in [3.05, 3.63) is 65.8 Å². The van der Waals surface area contributed by atoms with Crippen molar-refractivity contribution in [1.82, 2.24) is 24.1 Å². The van der Waals surface area contributed by atoms with Gasteiger partial charge in [-0.15, -0.1) is 0 Å². The number of hydrogen-bond donors (Lipinski definition) is 0. The molecule has 0 saturated heterocycles. The lowest BCUT2D eigenvalue weighted by Gasteiger charge is -2.11. The van der Waals surface area contributed by atoms with Gasteiger partial charge in [-0.1, -0.05) is 23.7 Å². The minimum absolute atomic E-state index is 0.658.